The highest BCUT2D eigenvalue weighted by Crippen LogP contribution is 2.30. The van der Waals surface area contributed by atoms with E-state index in [9.17, 15) is 0 Å². The fourth-order valence-electron chi connectivity index (χ4n) is 1.76. The van der Waals surface area contributed by atoms with Gasteiger partial charge in [-0.1, -0.05) is 20.8 Å². The second-order valence-electron chi connectivity index (χ2n) is 6.12. The van der Waals surface area contributed by atoms with Crippen LogP contribution in [0.1, 0.15) is 26.3 Å². The van der Waals surface area contributed by atoms with Gasteiger partial charge in [0, 0.05) is 39.1 Å². The summed E-state index contributed by atoms with van der Waals surface area (Å²) in [5, 5.41) is 1.06. The molecule has 0 radical (unpaired) electrons. The first kappa shape index (κ1) is 16.8. The average Bonchev–Trinajstić information content (AvgIpc) is 2.26. The van der Waals surface area contributed by atoms with Crippen molar-refractivity contribution >= 4 is 17.7 Å². The number of rotatable bonds is 3. The molecule has 5 heteroatoms. The minimum Gasteiger partial charge on any atom is -0.349 e. The summed E-state index contributed by atoms with van der Waals surface area (Å²) in [6.45, 7) is 7.26. The Bertz CT molecular complexity index is 451. The molecule has 0 fully saturated rings. The van der Waals surface area contributed by atoms with E-state index in [1.807, 2.05) is 50.3 Å². The van der Waals surface area contributed by atoms with E-state index in [1.165, 1.54) is 5.56 Å². The number of thioether (sulfide) groups is 1. The summed E-state index contributed by atoms with van der Waals surface area (Å²) in [4.78, 5) is 13.1. The lowest BCUT2D eigenvalue weighted by molar-refractivity contribution is 0.479. The standard InChI is InChI=1S/C15H26N4S/c1-15(2,3)20-13-10-12(8-9-16-13)11-17-14(18(4)5)19(6)7/h8-10H,11H2,1-7H3. The van der Waals surface area contributed by atoms with Crippen LogP contribution in [0.25, 0.3) is 0 Å². The van der Waals surface area contributed by atoms with Crippen LogP contribution in [0, 0.1) is 0 Å². The molecule has 0 saturated heterocycles. The van der Waals surface area contributed by atoms with E-state index in [0.29, 0.717) is 6.54 Å². The SMILES string of the molecule is CN(C)C(=NCc1ccnc(SC(C)(C)C)c1)N(C)C. The molecular formula is C15H26N4S. The fourth-order valence-corrected chi connectivity index (χ4v) is 2.71. The maximum absolute atomic E-state index is 4.66. The largest absolute Gasteiger partial charge is 0.349 e. The molecule has 1 heterocycles. The third kappa shape index (κ3) is 5.82. The van der Waals surface area contributed by atoms with E-state index in [0.717, 1.165) is 11.0 Å². The van der Waals surface area contributed by atoms with Crippen molar-refractivity contribution in [2.75, 3.05) is 28.2 Å². The van der Waals surface area contributed by atoms with Gasteiger partial charge in [0.2, 0.25) is 0 Å². The molecule has 112 valence electrons. The molecule has 0 amide bonds. The van der Waals surface area contributed by atoms with Crippen molar-refractivity contribution in [3.8, 4) is 0 Å². The van der Waals surface area contributed by atoms with Gasteiger partial charge in [-0.15, -0.1) is 11.8 Å². The van der Waals surface area contributed by atoms with E-state index >= 15 is 0 Å². The summed E-state index contributed by atoms with van der Waals surface area (Å²) in [5.74, 6) is 0.965. The number of aliphatic imine (C=N–C) groups is 1. The zero-order chi connectivity index (χ0) is 15.3. The van der Waals surface area contributed by atoms with Gasteiger partial charge in [0.05, 0.1) is 11.6 Å². The monoisotopic (exact) mass is 294 g/mol. The van der Waals surface area contributed by atoms with Crippen LogP contribution >= 0.6 is 11.8 Å². The van der Waals surface area contributed by atoms with E-state index in [2.05, 4.69) is 36.8 Å². The molecule has 0 aliphatic rings. The number of aromatic nitrogens is 1. The first-order valence-electron chi connectivity index (χ1n) is 6.72. The van der Waals surface area contributed by atoms with Gasteiger partial charge in [-0.2, -0.15) is 0 Å². The third-order valence-electron chi connectivity index (χ3n) is 2.41. The smallest absolute Gasteiger partial charge is 0.195 e. The van der Waals surface area contributed by atoms with Crippen LogP contribution < -0.4 is 0 Å². The molecule has 20 heavy (non-hydrogen) atoms. The van der Waals surface area contributed by atoms with Gasteiger partial charge in [-0.3, -0.25) is 0 Å². The van der Waals surface area contributed by atoms with Gasteiger partial charge in [0.15, 0.2) is 5.96 Å². The molecule has 4 nitrogen and oxygen atoms in total. The van der Waals surface area contributed by atoms with Crippen LogP contribution in [0.3, 0.4) is 0 Å². The van der Waals surface area contributed by atoms with Gasteiger partial charge in [0.25, 0.3) is 0 Å². The van der Waals surface area contributed by atoms with Gasteiger partial charge in [-0.05, 0) is 17.7 Å². The number of hydrogen-bond acceptors (Lipinski definition) is 3. The number of pyridine rings is 1. The first-order valence-corrected chi connectivity index (χ1v) is 7.54. The predicted octanol–water partition coefficient (Wildman–Crippen LogP) is 2.95. The summed E-state index contributed by atoms with van der Waals surface area (Å²) in [5.41, 5.74) is 1.19. The highest BCUT2D eigenvalue weighted by Gasteiger charge is 2.13. The second kappa shape index (κ2) is 6.97. The predicted molar refractivity (Wildman–Crippen MR) is 88.4 cm³/mol. The van der Waals surface area contributed by atoms with Crippen LogP contribution in [0.2, 0.25) is 0 Å². The summed E-state index contributed by atoms with van der Waals surface area (Å²) >= 11 is 1.78. The summed E-state index contributed by atoms with van der Waals surface area (Å²) < 4.78 is 0.174. The van der Waals surface area contributed by atoms with E-state index in [-0.39, 0.29) is 4.75 Å². The van der Waals surface area contributed by atoms with E-state index < -0.39 is 0 Å². The molecule has 0 bridgehead atoms. The maximum Gasteiger partial charge on any atom is 0.195 e. The Morgan fingerprint density at radius 2 is 1.80 bits per heavy atom. The molecule has 1 rings (SSSR count). The highest BCUT2D eigenvalue weighted by molar-refractivity contribution is 8.00. The van der Waals surface area contributed by atoms with Gasteiger partial charge in [0.1, 0.15) is 0 Å². The van der Waals surface area contributed by atoms with Crippen LogP contribution in [0.5, 0.6) is 0 Å². The van der Waals surface area contributed by atoms with E-state index in [4.69, 9.17) is 0 Å². The Labute approximate surface area is 127 Å². The molecular weight excluding hydrogens is 268 g/mol. The van der Waals surface area contributed by atoms with Crippen LogP contribution in [-0.2, 0) is 6.54 Å². The number of nitrogens with zero attached hydrogens (tertiary/aromatic N) is 4. The van der Waals surface area contributed by atoms with Crippen molar-refractivity contribution in [1.82, 2.24) is 14.8 Å². The van der Waals surface area contributed by atoms with Gasteiger partial charge < -0.3 is 9.80 Å². The average molecular weight is 294 g/mol. The number of guanidine groups is 1. The quantitative estimate of drug-likeness (QED) is 0.487. The van der Waals surface area contributed by atoms with Crippen molar-refractivity contribution < 1.29 is 0 Å². The lowest BCUT2D eigenvalue weighted by Crippen LogP contribution is -2.35. The Hall–Kier alpha value is -1.23. The van der Waals surface area contributed by atoms with Crippen molar-refractivity contribution in [1.29, 1.82) is 0 Å². The third-order valence-corrected chi connectivity index (χ3v) is 3.46. The normalized spacial score (nSPS) is 11.2. The Morgan fingerprint density at radius 3 is 2.30 bits per heavy atom. The van der Waals surface area contributed by atoms with Crippen molar-refractivity contribution in [3.05, 3.63) is 23.9 Å². The molecule has 1 aromatic heterocycles. The summed E-state index contributed by atoms with van der Waals surface area (Å²) in [6.07, 6.45) is 1.86. The molecule has 0 N–H and O–H groups in total. The van der Waals surface area contributed by atoms with Gasteiger partial charge in [-0.25, -0.2) is 9.98 Å². The zero-order valence-electron chi connectivity index (χ0n) is 13.6. The molecule has 0 aliphatic carbocycles. The minimum atomic E-state index is 0.174. The molecule has 0 aromatic carbocycles. The van der Waals surface area contributed by atoms with Crippen LogP contribution in [0.15, 0.2) is 28.3 Å². The number of hydrogen-bond donors (Lipinski definition) is 0. The maximum atomic E-state index is 4.66. The first-order chi connectivity index (χ1) is 9.19. The lowest BCUT2D eigenvalue weighted by Gasteiger charge is -2.22. The topological polar surface area (TPSA) is 31.7 Å². The molecule has 1 aromatic rings. The fraction of sp³-hybridized carbons (Fsp3) is 0.600. The summed E-state index contributed by atoms with van der Waals surface area (Å²) in [7, 11) is 8.02. The molecule has 0 aliphatic heterocycles. The van der Waals surface area contributed by atoms with E-state index in [1.54, 1.807) is 11.8 Å². The molecule has 0 saturated carbocycles. The Kier molecular flexibility index (Phi) is 5.87. The van der Waals surface area contributed by atoms with Crippen molar-refractivity contribution in [3.63, 3.8) is 0 Å². The highest BCUT2D eigenvalue weighted by atomic mass is 32.2. The minimum absolute atomic E-state index is 0.174. The van der Waals surface area contributed by atoms with Crippen LogP contribution in [0.4, 0.5) is 0 Å². The lowest BCUT2D eigenvalue weighted by atomic mass is 10.3. The van der Waals surface area contributed by atoms with Gasteiger partial charge >= 0.3 is 0 Å². The summed E-state index contributed by atoms with van der Waals surface area (Å²) in [6, 6.07) is 4.15. The zero-order valence-corrected chi connectivity index (χ0v) is 14.5. The van der Waals surface area contributed by atoms with Crippen molar-refractivity contribution in [2.24, 2.45) is 4.99 Å². The molecule has 0 spiro atoms. The van der Waals surface area contributed by atoms with Crippen molar-refractivity contribution in [2.45, 2.75) is 37.1 Å². The Morgan fingerprint density at radius 1 is 1.20 bits per heavy atom. The molecule has 0 unspecified atom stereocenters. The second-order valence-corrected chi connectivity index (χ2v) is 7.97. The van der Waals surface area contributed by atoms with Crippen LogP contribution in [-0.4, -0.2) is 53.7 Å². The molecule has 0 atom stereocenters. The Balaban J connectivity index is 2.83.